The predicted octanol–water partition coefficient (Wildman–Crippen LogP) is 1.96. The van der Waals surface area contributed by atoms with E-state index in [1.54, 1.807) is 0 Å². The van der Waals surface area contributed by atoms with Crippen molar-refractivity contribution in [2.75, 3.05) is 12.4 Å². The van der Waals surface area contributed by atoms with E-state index in [2.05, 4.69) is 15.9 Å². The molecular formula is C11H8BrNO3. The molecule has 16 heavy (non-hydrogen) atoms. The van der Waals surface area contributed by atoms with Crippen LogP contribution >= 0.6 is 15.9 Å². The van der Waals surface area contributed by atoms with Crippen molar-refractivity contribution in [2.45, 2.75) is 0 Å². The molecule has 0 spiro atoms. The van der Waals surface area contributed by atoms with Crippen LogP contribution in [0.25, 0.3) is 0 Å². The maximum atomic E-state index is 11.6. The molecule has 0 radical (unpaired) electrons. The lowest BCUT2D eigenvalue weighted by Gasteiger charge is -2.07. The number of carbonyl (C=O) groups excluding carboxylic acids is 2. The van der Waals surface area contributed by atoms with Crippen molar-refractivity contribution in [3.05, 3.63) is 28.8 Å². The first kappa shape index (κ1) is 12.4. The van der Waals surface area contributed by atoms with E-state index in [1.165, 1.54) is 19.2 Å². The molecule has 4 nitrogen and oxygen atoms in total. The van der Waals surface area contributed by atoms with Gasteiger partial charge in [-0.15, -0.1) is 0 Å². The quantitative estimate of drug-likeness (QED) is 0.481. The van der Waals surface area contributed by atoms with Gasteiger partial charge in [0.25, 0.3) is 0 Å². The number of methoxy groups -OCH3 is 1. The minimum absolute atomic E-state index is 0.0904. The summed E-state index contributed by atoms with van der Waals surface area (Å²) in [6.07, 6.45) is 0.606. The Hall–Kier alpha value is -1.67. The number of ketones is 1. The number of ether oxygens (including phenoxy) is 1. The van der Waals surface area contributed by atoms with Crippen LogP contribution in [0, 0.1) is 11.3 Å². The van der Waals surface area contributed by atoms with Crippen molar-refractivity contribution in [1.82, 2.24) is 0 Å². The first-order valence-electron chi connectivity index (χ1n) is 4.34. The van der Waals surface area contributed by atoms with Crippen molar-refractivity contribution < 1.29 is 14.3 Å². The van der Waals surface area contributed by atoms with E-state index in [0.717, 1.165) is 0 Å². The summed E-state index contributed by atoms with van der Waals surface area (Å²) in [7, 11) is 1.38. The highest BCUT2D eigenvalue weighted by Crippen LogP contribution is 2.24. The molecule has 0 fully saturated rings. The summed E-state index contributed by atoms with van der Waals surface area (Å²) in [5.74, 6) is -0.0325. The molecule has 1 rings (SSSR count). The Morgan fingerprint density at radius 2 is 2.31 bits per heavy atom. The van der Waals surface area contributed by atoms with E-state index in [-0.39, 0.29) is 28.0 Å². The van der Waals surface area contributed by atoms with Crippen molar-refractivity contribution in [3.63, 3.8) is 0 Å². The lowest BCUT2D eigenvalue weighted by molar-refractivity contribution is 0.102. The molecule has 82 valence electrons. The number of hydrogen-bond acceptors (Lipinski definition) is 4. The standard InChI is InChI=1S/C11H8BrNO3/c1-16-11-3-7(6-14)2-8(9(11)5-13)10(15)4-12/h2-3,6H,4H2,1H3. The van der Waals surface area contributed by atoms with E-state index in [9.17, 15) is 9.59 Å². The molecule has 5 heteroatoms. The van der Waals surface area contributed by atoms with E-state index in [1.807, 2.05) is 6.07 Å². The third-order valence-electron chi connectivity index (χ3n) is 2.01. The molecule has 0 saturated carbocycles. The number of benzene rings is 1. The van der Waals surface area contributed by atoms with Crippen LogP contribution in [0.15, 0.2) is 12.1 Å². The molecule has 0 aliphatic carbocycles. The molecule has 0 bridgehead atoms. The molecule has 1 aromatic carbocycles. The van der Waals surface area contributed by atoms with Gasteiger partial charge in [-0.2, -0.15) is 5.26 Å². The van der Waals surface area contributed by atoms with Crippen LogP contribution in [0.3, 0.4) is 0 Å². The first-order valence-corrected chi connectivity index (χ1v) is 5.46. The number of rotatable bonds is 4. The molecule has 0 aliphatic rings. The molecule has 0 unspecified atom stereocenters. The summed E-state index contributed by atoms with van der Waals surface area (Å²) in [4.78, 5) is 22.2. The molecule has 0 aromatic heterocycles. The second-order valence-corrected chi connectivity index (χ2v) is 3.49. The number of aldehydes is 1. The van der Waals surface area contributed by atoms with Crippen LogP contribution in [0.2, 0.25) is 0 Å². The maximum absolute atomic E-state index is 11.6. The average Bonchev–Trinajstić information content (AvgIpc) is 2.35. The lowest BCUT2D eigenvalue weighted by Crippen LogP contribution is -2.06. The Balaban J connectivity index is 3.50. The Kier molecular flexibility index (Phi) is 4.20. The molecule has 0 aliphatic heterocycles. The number of Topliss-reactive ketones (excluding diaryl/α,β-unsaturated/α-hetero) is 1. The zero-order chi connectivity index (χ0) is 12.1. The minimum Gasteiger partial charge on any atom is -0.495 e. The van der Waals surface area contributed by atoms with E-state index < -0.39 is 0 Å². The van der Waals surface area contributed by atoms with Gasteiger partial charge in [0.1, 0.15) is 23.7 Å². The fraction of sp³-hybridized carbons (Fsp3) is 0.182. The highest BCUT2D eigenvalue weighted by molar-refractivity contribution is 9.09. The van der Waals surface area contributed by atoms with Crippen molar-refractivity contribution >= 4 is 28.0 Å². The van der Waals surface area contributed by atoms with Gasteiger partial charge in [-0.3, -0.25) is 9.59 Å². The smallest absolute Gasteiger partial charge is 0.174 e. The van der Waals surface area contributed by atoms with Gasteiger partial charge in [-0.05, 0) is 12.1 Å². The highest BCUT2D eigenvalue weighted by atomic mass is 79.9. The van der Waals surface area contributed by atoms with Gasteiger partial charge in [0.15, 0.2) is 5.78 Å². The second kappa shape index (κ2) is 5.42. The lowest BCUT2D eigenvalue weighted by atomic mass is 10.0. The van der Waals surface area contributed by atoms with Gasteiger partial charge in [0.2, 0.25) is 0 Å². The van der Waals surface area contributed by atoms with Crippen molar-refractivity contribution in [2.24, 2.45) is 0 Å². The highest BCUT2D eigenvalue weighted by Gasteiger charge is 2.16. The number of carbonyl (C=O) groups is 2. The summed E-state index contributed by atoms with van der Waals surface area (Å²) in [6, 6.07) is 4.71. The van der Waals surface area contributed by atoms with Gasteiger partial charge in [-0.25, -0.2) is 0 Å². The first-order chi connectivity index (χ1) is 7.67. The zero-order valence-corrected chi connectivity index (χ0v) is 10.1. The average molecular weight is 282 g/mol. The maximum Gasteiger partial charge on any atom is 0.174 e. The van der Waals surface area contributed by atoms with E-state index >= 15 is 0 Å². The van der Waals surface area contributed by atoms with Gasteiger partial charge >= 0.3 is 0 Å². The largest absolute Gasteiger partial charge is 0.495 e. The normalized spacial score (nSPS) is 9.31. The summed E-state index contributed by atoms with van der Waals surface area (Å²) in [5.41, 5.74) is 0.651. The minimum atomic E-state index is -0.265. The Morgan fingerprint density at radius 1 is 1.62 bits per heavy atom. The van der Waals surface area contributed by atoms with Gasteiger partial charge < -0.3 is 4.74 Å². The summed E-state index contributed by atoms with van der Waals surface area (Å²) in [6.45, 7) is 0. The van der Waals surface area contributed by atoms with Crippen LogP contribution in [0.5, 0.6) is 5.75 Å². The van der Waals surface area contributed by atoms with E-state index in [4.69, 9.17) is 10.00 Å². The van der Waals surface area contributed by atoms with Crippen LogP contribution < -0.4 is 4.74 Å². The number of hydrogen-bond donors (Lipinski definition) is 0. The van der Waals surface area contributed by atoms with Crippen molar-refractivity contribution in [1.29, 1.82) is 5.26 Å². The zero-order valence-electron chi connectivity index (χ0n) is 8.49. The van der Waals surface area contributed by atoms with Crippen LogP contribution in [0.1, 0.15) is 26.3 Å². The molecule has 0 N–H and O–H groups in total. The fourth-order valence-corrected chi connectivity index (χ4v) is 1.58. The van der Waals surface area contributed by atoms with E-state index in [0.29, 0.717) is 11.8 Å². The van der Waals surface area contributed by atoms with Gasteiger partial charge in [-0.1, -0.05) is 15.9 Å². The number of alkyl halides is 1. The Labute approximate surface area is 101 Å². The molecule has 1 aromatic rings. The molecule has 0 saturated heterocycles. The summed E-state index contributed by atoms with van der Waals surface area (Å²) in [5, 5.41) is 9.04. The van der Waals surface area contributed by atoms with Gasteiger partial charge in [0, 0.05) is 11.1 Å². The topological polar surface area (TPSA) is 67.2 Å². The van der Waals surface area contributed by atoms with Crippen LogP contribution in [0.4, 0.5) is 0 Å². The van der Waals surface area contributed by atoms with Crippen LogP contribution in [-0.2, 0) is 0 Å². The molecule has 0 atom stereocenters. The third-order valence-corrected chi connectivity index (χ3v) is 2.52. The summed E-state index contributed by atoms with van der Waals surface area (Å²) < 4.78 is 4.97. The SMILES string of the molecule is COc1cc(C=O)cc(C(=O)CBr)c1C#N. The predicted molar refractivity (Wildman–Crippen MR) is 61.2 cm³/mol. The van der Waals surface area contributed by atoms with Crippen LogP contribution in [-0.4, -0.2) is 24.5 Å². The Bertz CT molecular complexity index is 477. The molecule has 0 amide bonds. The monoisotopic (exact) mass is 281 g/mol. The fourth-order valence-electron chi connectivity index (χ4n) is 1.27. The summed E-state index contributed by atoms with van der Waals surface area (Å²) >= 11 is 3.02. The van der Waals surface area contributed by atoms with Gasteiger partial charge in [0.05, 0.1) is 12.4 Å². The third kappa shape index (κ3) is 2.28. The van der Waals surface area contributed by atoms with Crippen molar-refractivity contribution in [3.8, 4) is 11.8 Å². The second-order valence-electron chi connectivity index (χ2n) is 2.93. The number of nitrogens with zero attached hydrogens (tertiary/aromatic N) is 1. The molecular weight excluding hydrogens is 274 g/mol. The molecule has 0 heterocycles. The Morgan fingerprint density at radius 3 is 2.75 bits per heavy atom. The number of nitriles is 1. The number of halogens is 1.